The van der Waals surface area contributed by atoms with E-state index >= 15 is 0 Å². The number of nitrogens with zero attached hydrogens (tertiary/aromatic N) is 1. The second-order valence-electron chi connectivity index (χ2n) is 6.33. The van der Waals surface area contributed by atoms with E-state index in [1.165, 1.54) is 22.9 Å². The number of fused-ring (bicyclic) bond motifs is 1. The Kier molecular flexibility index (Phi) is 3.61. The van der Waals surface area contributed by atoms with E-state index in [-0.39, 0.29) is 0 Å². The Hall–Kier alpha value is -2.57. The minimum atomic E-state index is 0.612. The largest absolute Gasteiger partial charge is 0.361 e. The van der Waals surface area contributed by atoms with Gasteiger partial charge in [-0.05, 0) is 54.1 Å². The Balaban J connectivity index is 1.40. The first-order valence-electron chi connectivity index (χ1n) is 8.11. The van der Waals surface area contributed by atoms with Gasteiger partial charge in [-0.25, -0.2) is 0 Å². The van der Waals surface area contributed by atoms with Gasteiger partial charge in [-0.15, -0.1) is 0 Å². The number of nitrogens with one attached hydrogen (secondary N) is 2. The molecule has 1 aliphatic rings. The average molecular weight is 301 g/mol. The molecule has 0 saturated heterocycles. The smallest absolute Gasteiger partial charge is 0.0991 e. The first-order chi connectivity index (χ1) is 11.3. The highest BCUT2D eigenvalue weighted by Crippen LogP contribution is 2.49. The van der Waals surface area contributed by atoms with Crippen molar-refractivity contribution in [3.63, 3.8) is 0 Å². The Morgan fingerprint density at radius 1 is 1.17 bits per heavy atom. The van der Waals surface area contributed by atoms with E-state index in [0.717, 1.165) is 24.2 Å². The Labute approximate surface area is 136 Å². The summed E-state index contributed by atoms with van der Waals surface area (Å²) < 4.78 is 0. The van der Waals surface area contributed by atoms with E-state index in [9.17, 15) is 0 Å². The minimum Gasteiger partial charge on any atom is -0.361 e. The van der Waals surface area contributed by atoms with E-state index in [1.807, 2.05) is 24.3 Å². The summed E-state index contributed by atoms with van der Waals surface area (Å²) in [4.78, 5) is 3.33. The zero-order valence-corrected chi connectivity index (χ0v) is 12.9. The highest BCUT2D eigenvalue weighted by atomic mass is 14.9. The normalized spacial score (nSPS) is 19.6. The van der Waals surface area contributed by atoms with Crippen LogP contribution >= 0.6 is 0 Å². The van der Waals surface area contributed by atoms with Crippen LogP contribution in [0.2, 0.25) is 0 Å². The molecule has 2 N–H and O–H groups in total. The van der Waals surface area contributed by atoms with E-state index in [2.05, 4.69) is 46.8 Å². The predicted octanol–water partition coefficient (Wildman–Crippen LogP) is 3.93. The summed E-state index contributed by atoms with van der Waals surface area (Å²) in [5.41, 5.74) is 4.55. The lowest BCUT2D eigenvalue weighted by molar-refractivity contribution is 0.628. The summed E-state index contributed by atoms with van der Waals surface area (Å²) in [5, 5.41) is 13.9. The second-order valence-corrected chi connectivity index (χ2v) is 6.33. The van der Waals surface area contributed by atoms with Crippen LogP contribution in [0.4, 0.5) is 0 Å². The summed E-state index contributed by atoms with van der Waals surface area (Å²) in [6.07, 6.45) is 3.35. The molecule has 2 unspecified atom stereocenters. The van der Waals surface area contributed by atoms with Crippen molar-refractivity contribution >= 4 is 10.9 Å². The molecule has 1 aromatic heterocycles. The first kappa shape index (κ1) is 14.0. The molecule has 0 bridgehead atoms. The molecule has 1 heterocycles. The highest BCUT2D eigenvalue weighted by molar-refractivity contribution is 5.85. The number of H-pyrrole nitrogens is 1. The Bertz CT molecular complexity index is 857. The molecule has 2 aromatic carbocycles. The van der Waals surface area contributed by atoms with Gasteiger partial charge in [-0.3, -0.25) is 0 Å². The molecule has 1 saturated carbocycles. The average Bonchev–Trinajstić information content (AvgIpc) is 3.24. The van der Waals surface area contributed by atoms with Crippen LogP contribution in [-0.4, -0.2) is 11.5 Å². The van der Waals surface area contributed by atoms with Crippen molar-refractivity contribution in [3.05, 3.63) is 71.4 Å². The predicted molar refractivity (Wildman–Crippen MR) is 92.0 cm³/mol. The fourth-order valence-electron chi connectivity index (χ4n) is 3.37. The van der Waals surface area contributed by atoms with Crippen molar-refractivity contribution in [1.29, 1.82) is 5.26 Å². The zero-order valence-electron chi connectivity index (χ0n) is 12.9. The lowest BCUT2D eigenvalue weighted by Gasteiger charge is -2.04. The maximum Gasteiger partial charge on any atom is 0.0991 e. The van der Waals surface area contributed by atoms with E-state index in [0.29, 0.717) is 11.8 Å². The molecule has 0 radical (unpaired) electrons. The van der Waals surface area contributed by atoms with Gasteiger partial charge in [0.1, 0.15) is 0 Å². The quantitative estimate of drug-likeness (QED) is 0.750. The van der Waals surface area contributed by atoms with Gasteiger partial charge in [0.25, 0.3) is 0 Å². The van der Waals surface area contributed by atoms with Gasteiger partial charge in [0, 0.05) is 23.6 Å². The van der Waals surface area contributed by atoms with Crippen molar-refractivity contribution in [2.75, 3.05) is 6.54 Å². The zero-order chi connectivity index (χ0) is 15.6. The van der Waals surface area contributed by atoms with Crippen molar-refractivity contribution < 1.29 is 0 Å². The van der Waals surface area contributed by atoms with E-state index in [4.69, 9.17) is 5.26 Å². The van der Waals surface area contributed by atoms with Crippen molar-refractivity contribution in [3.8, 4) is 6.07 Å². The topological polar surface area (TPSA) is 51.6 Å². The molecular weight excluding hydrogens is 282 g/mol. The molecular formula is C20H19N3. The van der Waals surface area contributed by atoms with Crippen LogP contribution in [0.1, 0.15) is 29.0 Å². The van der Waals surface area contributed by atoms with Crippen LogP contribution in [0.3, 0.4) is 0 Å². The molecule has 23 heavy (non-hydrogen) atoms. The molecule has 0 spiro atoms. The van der Waals surface area contributed by atoms with Crippen LogP contribution < -0.4 is 5.32 Å². The van der Waals surface area contributed by atoms with Gasteiger partial charge < -0.3 is 10.3 Å². The van der Waals surface area contributed by atoms with Crippen LogP contribution in [0, 0.1) is 17.2 Å². The lowest BCUT2D eigenvalue weighted by Crippen LogP contribution is -2.16. The lowest BCUT2D eigenvalue weighted by atomic mass is 10.1. The van der Waals surface area contributed by atoms with Crippen LogP contribution in [0.25, 0.3) is 10.9 Å². The summed E-state index contributed by atoms with van der Waals surface area (Å²) >= 11 is 0. The summed E-state index contributed by atoms with van der Waals surface area (Å²) in [6, 6.07) is 18.6. The number of aromatic nitrogens is 1. The molecule has 1 fully saturated rings. The molecule has 3 aromatic rings. The fourth-order valence-corrected chi connectivity index (χ4v) is 3.37. The maximum absolute atomic E-state index is 9.09. The van der Waals surface area contributed by atoms with E-state index in [1.54, 1.807) is 0 Å². The van der Waals surface area contributed by atoms with Crippen LogP contribution in [-0.2, 0) is 6.54 Å². The highest BCUT2D eigenvalue weighted by Gasteiger charge is 2.39. The summed E-state index contributed by atoms with van der Waals surface area (Å²) in [6.45, 7) is 1.97. The SMILES string of the molecule is N#Cc1ccc2[nH]cc(C3CC3CNCc3ccccc3)c2c1. The first-order valence-corrected chi connectivity index (χ1v) is 8.11. The monoisotopic (exact) mass is 301 g/mol. The summed E-state index contributed by atoms with van der Waals surface area (Å²) in [5.74, 6) is 1.31. The van der Waals surface area contributed by atoms with Crippen molar-refractivity contribution in [1.82, 2.24) is 10.3 Å². The number of aromatic amines is 1. The summed E-state index contributed by atoms with van der Waals surface area (Å²) in [7, 11) is 0. The number of benzene rings is 2. The molecule has 0 aliphatic heterocycles. The molecule has 1 aliphatic carbocycles. The third-order valence-corrected chi connectivity index (χ3v) is 4.74. The fraction of sp³-hybridized carbons (Fsp3) is 0.250. The number of hydrogen-bond acceptors (Lipinski definition) is 2. The van der Waals surface area contributed by atoms with Crippen molar-refractivity contribution in [2.24, 2.45) is 5.92 Å². The van der Waals surface area contributed by atoms with Gasteiger partial charge in [0.2, 0.25) is 0 Å². The van der Waals surface area contributed by atoms with Gasteiger partial charge in [0.15, 0.2) is 0 Å². The molecule has 2 atom stereocenters. The van der Waals surface area contributed by atoms with Gasteiger partial charge in [-0.1, -0.05) is 30.3 Å². The standard InChI is InChI=1S/C20H19N3/c21-10-15-6-7-20-18(8-15)19(13-23-20)17-9-16(17)12-22-11-14-4-2-1-3-5-14/h1-8,13,16-17,22-23H,9,11-12H2. The van der Waals surface area contributed by atoms with Gasteiger partial charge in [0.05, 0.1) is 11.6 Å². The maximum atomic E-state index is 9.09. The third-order valence-electron chi connectivity index (χ3n) is 4.74. The molecule has 0 amide bonds. The van der Waals surface area contributed by atoms with E-state index < -0.39 is 0 Å². The molecule has 4 rings (SSSR count). The van der Waals surface area contributed by atoms with Crippen LogP contribution in [0.5, 0.6) is 0 Å². The Morgan fingerprint density at radius 2 is 2.04 bits per heavy atom. The second kappa shape index (κ2) is 5.91. The van der Waals surface area contributed by atoms with Gasteiger partial charge in [-0.2, -0.15) is 5.26 Å². The van der Waals surface area contributed by atoms with Crippen molar-refractivity contribution in [2.45, 2.75) is 18.9 Å². The third kappa shape index (κ3) is 2.86. The van der Waals surface area contributed by atoms with Gasteiger partial charge >= 0.3 is 0 Å². The molecule has 3 nitrogen and oxygen atoms in total. The number of hydrogen-bond donors (Lipinski definition) is 2. The number of rotatable bonds is 5. The molecule has 3 heteroatoms. The number of nitriles is 1. The Morgan fingerprint density at radius 3 is 2.87 bits per heavy atom. The van der Waals surface area contributed by atoms with Crippen LogP contribution in [0.15, 0.2) is 54.7 Å². The minimum absolute atomic E-state index is 0.612. The molecule has 114 valence electrons.